The molecule has 1 atom stereocenters. The van der Waals surface area contributed by atoms with Crippen molar-refractivity contribution in [2.75, 3.05) is 11.9 Å². The number of ether oxygens (including phenoxy) is 1. The lowest BCUT2D eigenvalue weighted by Crippen LogP contribution is -2.38. The average molecular weight is 383 g/mol. The summed E-state index contributed by atoms with van der Waals surface area (Å²) in [6.45, 7) is 2.57. The lowest BCUT2D eigenvalue weighted by Gasteiger charge is -2.27. The fourth-order valence-electron chi connectivity index (χ4n) is 2.93. The van der Waals surface area contributed by atoms with Gasteiger partial charge in [0.1, 0.15) is 22.6 Å². The van der Waals surface area contributed by atoms with Crippen LogP contribution in [0.5, 0.6) is 5.75 Å². The third-order valence-corrected chi connectivity index (χ3v) is 5.48. The highest BCUT2D eigenvalue weighted by molar-refractivity contribution is 7.73. The molecule has 0 fully saturated rings. The zero-order valence-corrected chi connectivity index (χ0v) is 15.7. The second-order valence-electron chi connectivity index (χ2n) is 5.77. The Balaban J connectivity index is 1.72. The molecule has 0 radical (unpaired) electrons. The van der Waals surface area contributed by atoms with Crippen molar-refractivity contribution in [3.63, 3.8) is 0 Å². The van der Waals surface area contributed by atoms with Crippen molar-refractivity contribution in [2.45, 2.75) is 13.1 Å². The first kappa shape index (κ1) is 16.8. The van der Waals surface area contributed by atoms with Crippen LogP contribution in [0.25, 0.3) is 5.69 Å². The molecule has 2 N–H and O–H groups in total. The molecule has 0 bridgehead atoms. The van der Waals surface area contributed by atoms with Gasteiger partial charge in [0, 0.05) is 5.69 Å². The summed E-state index contributed by atoms with van der Waals surface area (Å²) in [6, 6.07) is 17.5. The predicted octanol–water partition coefficient (Wildman–Crippen LogP) is 4.52. The van der Waals surface area contributed by atoms with Crippen molar-refractivity contribution in [2.24, 2.45) is 0 Å². The number of anilines is 1. The van der Waals surface area contributed by atoms with E-state index in [4.69, 9.17) is 17.0 Å². The van der Waals surface area contributed by atoms with E-state index in [1.54, 1.807) is 0 Å². The number of hydrogen-bond donors (Lipinski definition) is 2. The molecule has 1 amide bonds. The van der Waals surface area contributed by atoms with Gasteiger partial charge in [0.25, 0.3) is 5.91 Å². The SMILES string of the molecule is CCOc1ccc([C@H]2NC(=O)c3sc(=S)n(-c4ccccc4)c3N2)cc1. The van der Waals surface area contributed by atoms with Crippen molar-refractivity contribution in [1.29, 1.82) is 0 Å². The van der Waals surface area contributed by atoms with Crippen molar-refractivity contribution in [3.8, 4) is 11.4 Å². The van der Waals surface area contributed by atoms with Crippen molar-refractivity contribution in [3.05, 3.63) is 69.0 Å². The van der Waals surface area contributed by atoms with Gasteiger partial charge < -0.3 is 15.4 Å². The third-order valence-electron chi connectivity index (χ3n) is 4.11. The standard InChI is InChI=1S/C19H17N3O2S2/c1-2-24-14-10-8-12(9-11-14)16-20-17-15(18(23)21-16)26-19(25)22(17)13-6-4-3-5-7-13/h3-11,16,20H,2H2,1H3,(H,21,23)/t16-/m1/s1. The largest absolute Gasteiger partial charge is 0.494 e. The van der Waals surface area contributed by atoms with E-state index in [0.717, 1.165) is 22.8 Å². The number of rotatable bonds is 4. The van der Waals surface area contributed by atoms with Crippen LogP contribution in [0, 0.1) is 3.95 Å². The Bertz CT molecular complexity index is 994. The molecule has 3 aromatic rings. The van der Waals surface area contributed by atoms with E-state index >= 15 is 0 Å². The normalized spacial score (nSPS) is 15.7. The Labute approximate surface area is 160 Å². The first-order chi connectivity index (χ1) is 12.7. The number of benzene rings is 2. The highest BCUT2D eigenvalue weighted by Gasteiger charge is 2.29. The number of amides is 1. The molecule has 4 rings (SSSR count). The van der Waals surface area contributed by atoms with Crippen LogP contribution in [0.3, 0.4) is 0 Å². The predicted molar refractivity (Wildman–Crippen MR) is 106 cm³/mol. The number of para-hydroxylation sites is 1. The molecule has 0 aliphatic carbocycles. The number of carbonyl (C=O) groups is 1. The molecular formula is C19H17N3O2S2. The zero-order valence-electron chi connectivity index (χ0n) is 14.1. The summed E-state index contributed by atoms with van der Waals surface area (Å²) in [5.41, 5.74) is 1.88. The van der Waals surface area contributed by atoms with Crippen LogP contribution in [0.15, 0.2) is 54.6 Å². The van der Waals surface area contributed by atoms with Crippen LogP contribution in [-0.2, 0) is 0 Å². The molecular weight excluding hydrogens is 366 g/mol. The number of thiazole rings is 1. The van der Waals surface area contributed by atoms with Gasteiger partial charge in [-0.2, -0.15) is 0 Å². The molecule has 1 aliphatic rings. The van der Waals surface area contributed by atoms with Crippen LogP contribution in [0.1, 0.15) is 28.3 Å². The molecule has 0 spiro atoms. The topological polar surface area (TPSA) is 55.3 Å². The summed E-state index contributed by atoms with van der Waals surface area (Å²) in [4.78, 5) is 13.2. The second kappa shape index (κ2) is 6.93. The van der Waals surface area contributed by atoms with Crippen molar-refractivity contribution < 1.29 is 9.53 Å². The minimum atomic E-state index is -0.329. The van der Waals surface area contributed by atoms with Gasteiger partial charge >= 0.3 is 0 Å². The summed E-state index contributed by atoms with van der Waals surface area (Å²) in [7, 11) is 0. The third kappa shape index (κ3) is 3.00. The van der Waals surface area contributed by atoms with Crippen LogP contribution in [-0.4, -0.2) is 17.1 Å². The van der Waals surface area contributed by atoms with Crippen molar-refractivity contribution in [1.82, 2.24) is 9.88 Å². The van der Waals surface area contributed by atoms with E-state index < -0.39 is 0 Å². The molecule has 26 heavy (non-hydrogen) atoms. The highest BCUT2D eigenvalue weighted by atomic mass is 32.1. The number of nitrogens with one attached hydrogen (secondary N) is 2. The molecule has 1 aromatic heterocycles. The first-order valence-electron chi connectivity index (χ1n) is 8.29. The van der Waals surface area contributed by atoms with Gasteiger partial charge in [0.2, 0.25) is 0 Å². The van der Waals surface area contributed by atoms with Gasteiger partial charge in [-0.15, -0.1) is 0 Å². The Morgan fingerprint density at radius 3 is 2.54 bits per heavy atom. The van der Waals surface area contributed by atoms with Crippen LogP contribution in [0.2, 0.25) is 0 Å². The highest BCUT2D eigenvalue weighted by Crippen LogP contribution is 2.34. The van der Waals surface area contributed by atoms with E-state index in [-0.39, 0.29) is 12.1 Å². The van der Waals surface area contributed by atoms with E-state index in [1.807, 2.05) is 66.1 Å². The Morgan fingerprint density at radius 2 is 1.85 bits per heavy atom. The fourth-order valence-corrected chi connectivity index (χ4v) is 4.24. The Kier molecular flexibility index (Phi) is 4.48. The van der Waals surface area contributed by atoms with Gasteiger partial charge in [-0.05, 0) is 49.0 Å². The summed E-state index contributed by atoms with van der Waals surface area (Å²) in [5, 5.41) is 6.41. The van der Waals surface area contributed by atoms with Crippen LogP contribution in [0.4, 0.5) is 5.82 Å². The van der Waals surface area contributed by atoms with E-state index in [1.165, 1.54) is 11.3 Å². The van der Waals surface area contributed by atoms with E-state index in [0.29, 0.717) is 15.4 Å². The quantitative estimate of drug-likeness (QED) is 0.651. The maximum absolute atomic E-state index is 12.6. The number of carbonyl (C=O) groups excluding carboxylic acids is 1. The molecule has 132 valence electrons. The maximum atomic E-state index is 12.6. The van der Waals surface area contributed by atoms with Gasteiger partial charge in [0.05, 0.1) is 6.61 Å². The first-order valence-corrected chi connectivity index (χ1v) is 9.51. The lowest BCUT2D eigenvalue weighted by molar-refractivity contribution is 0.0939. The van der Waals surface area contributed by atoms with E-state index in [9.17, 15) is 4.79 Å². The Morgan fingerprint density at radius 1 is 1.12 bits per heavy atom. The number of nitrogens with zero attached hydrogens (tertiary/aromatic N) is 1. The molecule has 5 nitrogen and oxygen atoms in total. The smallest absolute Gasteiger partial charge is 0.267 e. The summed E-state index contributed by atoms with van der Waals surface area (Å²) in [6.07, 6.45) is -0.329. The summed E-state index contributed by atoms with van der Waals surface area (Å²) in [5.74, 6) is 1.42. The zero-order chi connectivity index (χ0) is 18.1. The van der Waals surface area contributed by atoms with Gasteiger partial charge in [-0.25, -0.2) is 0 Å². The van der Waals surface area contributed by atoms with Gasteiger partial charge in [-0.3, -0.25) is 9.36 Å². The average Bonchev–Trinajstić information content (AvgIpc) is 3.00. The lowest BCUT2D eigenvalue weighted by atomic mass is 10.1. The van der Waals surface area contributed by atoms with Gasteiger partial charge in [-0.1, -0.05) is 41.7 Å². The number of aromatic nitrogens is 1. The minimum absolute atomic E-state index is 0.122. The molecule has 2 aromatic carbocycles. The summed E-state index contributed by atoms with van der Waals surface area (Å²) < 4.78 is 8.03. The number of hydrogen-bond acceptors (Lipinski definition) is 5. The van der Waals surface area contributed by atoms with Crippen LogP contribution >= 0.6 is 23.6 Å². The minimum Gasteiger partial charge on any atom is -0.494 e. The summed E-state index contributed by atoms with van der Waals surface area (Å²) >= 11 is 6.81. The molecule has 2 heterocycles. The van der Waals surface area contributed by atoms with E-state index in [2.05, 4.69) is 10.6 Å². The van der Waals surface area contributed by atoms with Crippen LogP contribution < -0.4 is 15.4 Å². The number of fused-ring (bicyclic) bond motifs is 1. The Hall–Kier alpha value is -2.64. The molecule has 7 heteroatoms. The van der Waals surface area contributed by atoms with Gasteiger partial charge in [0.15, 0.2) is 3.95 Å². The maximum Gasteiger partial charge on any atom is 0.267 e. The monoisotopic (exact) mass is 383 g/mol. The molecule has 0 saturated carbocycles. The second-order valence-corrected chi connectivity index (χ2v) is 7.41. The fraction of sp³-hybridized carbons (Fsp3) is 0.158. The molecule has 1 aliphatic heterocycles. The molecule has 0 saturated heterocycles. The van der Waals surface area contributed by atoms with Crippen molar-refractivity contribution >= 4 is 35.3 Å². The molecule has 0 unspecified atom stereocenters.